The molecular weight excluding hydrogens is 276 g/mol. The number of hydrogen-bond acceptors (Lipinski definition) is 4. The minimum absolute atomic E-state index is 0.404. The minimum atomic E-state index is 0.404. The monoisotopic (exact) mass is 296 g/mol. The van der Waals surface area contributed by atoms with E-state index >= 15 is 0 Å². The minimum Gasteiger partial charge on any atom is -0.493 e. The van der Waals surface area contributed by atoms with Crippen LogP contribution in [0, 0.1) is 17.2 Å². The van der Waals surface area contributed by atoms with E-state index in [0.29, 0.717) is 24.1 Å². The molecule has 0 amide bonds. The van der Waals surface area contributed by atoms with Crippen LogP contribution in [0.15, 0.2) is 24.3 Å². The van der Waals surface area contributed by atoms with Gasteiger partial charge in [0.15, 0.2) is 5.69 Å². The van der Waals surface area contributed by atoms with Gasteiger partial charge in [0, 0.05) is 5.92 Å². The zero-order chi connectivity index (χ0) is 15.5. The van der Waals surface area contributed by atoms with Crippen LogP contribution in [0.2, 0.25) is 0 Å². The van der Waals surface area contributed by atoms with E-state index in [1.54, 1.807) is 4.68 Å². The Kier molecular flexibility index (Phi) is 4.10. The molecule has 22 heavy (non-hydrogen) atoms. The number of rotatable bonds is 5. The second-order valence-electron chi connectivity index (χ2n) is 6.17. The number of aromatic nitrogens is 3. The third kappa shape index (κ3) is 2.82. The summed E-state index contributed by atoms with van der Waals surface area (Å²) in [6.07, 6.45) is 3.43. The first-order chi connectivity index (χ1) is 10.7. The van der Waals surface area contributed by atoms with Crippen LogP contribution in [0.1, 0.15) is 50.4 Å². The van der Waals surface area contributed by atoms with Crippen LogP contribution in [0.5, 0.6) is 5.75 Å². The van der Waals surface area contributed by atoms with Crippen LogP contribution >= 0.6 is 0 Å². The molecule has 0 unspecified atom stereocenters. The van der Waals surface area contributed by atoms with Gasteiger partial charge in [0.05, 0.1) is 18.0 Å². The maximum Gasteiger partial charge on any atom is 0.186 e. The van der Waals surface area contributed by atoms with E-state index in [4.69, 9.17) is 4.74 Å². The lowest BCUT2D eigenvalue weighted by atomic mass is 9.82. The van der Waals surface area contributed by atoms with Crippen molar-refractivity contribution in [3.05, 3.63) is 35.7 Å². The van der Waals surface area contributed by atoms with Crippen molar-refractivity contribution in [1.29, 1.82) is 5.26 Å². The second kappa shape index (κ2) is 6.18. The van der Waals surface area contributed by atoms with Crippen molar-refractivity contribution in [1.82, 2.24) is 15.0 Å². The SMILES string of the molecule is CC(C)COc1ccc(-n2nnc(C#N)c2C2CCC2)cc1. The average Bonchev–Trinajstić information content (AvgIpc) is 2.87. The molecule has 3 rings (SSSR count). The number of ether oxygens (including phenoxy) is 1. The van der Waals surface area contributed by atoms with Crippen molar-refractivity contribution >= 4 is 0 Å². The lowest BCUT2D eigenvalue weighted by Gasteiger charge is -2.25. The zero-order valence-electron chi connectivity index (χ0n) is 13.0. The molecule has 1 saturated carbocycles. The van der Waals surface area contributed by atoms with Crippen molar-refractivity contribution in [2.24, 2.45) is 5.92 Å². The highest BCUT2D eigenvalue weighted by Gasteiger charge is 2.28. The molecule has 0 bridgehead atoms. The summed E-state index contributed by atoms with van der Waals surface area (Å²) >= 11 is 0. The number of benzene rings is 1. The quantitative estimate of drug-likeness (QED) is 0.847. The van der Waals surface area contributed by atoms with Gasteiger partial charge in [0.2, 0.25) is 0 Å². The van der Waals surface area contributed by atoms with Crippen molar-refractivity contribution < 1.29 is 4.74 Å². The van der Waals surface area contributed by atoms with Gasteiger partial charge in [-0.1, -0.05) is 25.5 Å². The standard InChI is InChI=1S/C17H20N4O/c1-12(2)11-22-15-8-6-14(7-9-15)21-17(13-4-3-5-13)16(10-18)19-20-21/h6-9,12-13H,3-5,11H2,1-2H3. The predicted octanol–water partition coefficient (Wildman–Crippen LogP) is 3.44. The maximum absolute atomic E-state index is 9.23. The Labute approximate surface area is 130 Å². The molecule has 2 aromatic rings. The molecule has 0 aliphatic heterocycles. The first-order valence-corrected chi connectivity index (χ1v) is 7.78. The highest BCUT2D eigenvalue weighted by molar-refractivity contribution is 5.41. The van der Waals surface area contributed by atoms with E-state index in [0.717, 1.165) is 30.0 Å². The lowest BCUT2D eigenvalue weighted by Crippen LogP contribution is -2.15. The highest BCUT2D eigenvalue weighted by Crippen LogP contribution is 2.38. The first kappa shape index (κ1) is 14.6. The fraction of sp³-hybridized carbons (Fsp3) is 0.471. The number of nitriles is 1. The third-order valence-corrected chi connectivity index (χ3v) is 3.97. The summed E-state index contributed by atoms with van der Waals surface area (Å²) in [5.41, 5.74) is 2.32. The van der Waals surface area contributed by atoms with E-state index in [1.165, 1.54) is 6.42 Å². The van der Waals surface area contributed by atoms with E-state index in [9.17, 15) is 5.26 Å². The summed E-state index contributed by atoms with van der Waals surface area (Å²) in [5.74, 6) is 1.75. The van der Waals surface area contributed by atoms with Gasteiger partial charge in [-0.15, -0.1) is 5.10 Å². The first-order valence-electron chi connectivity index (χ1n) is 7.78. The number of hydrogen-bond donors (Lipinski definition) is 0. The van der Waals surface area contributed by atoms with Gasteiger partial charge in [-0.2, -0.15) is 5.26 Å². The Morgan fingerprint density at radius 1 is 1.32 bits per heavy atom. The van der Waals surface area contributed by atoms with Crippen LogP contribution in [-0.4, -0.2) is 21.6 Å². The van der Waals surface area contributed by atoms with Crippen molar-refractivity contribution in [3.8, 4) is 17.5 Å². The molecule has 0 radical (unpaired) electrons. The smallest absolute Gasteiger partial charge is 0.186 e. The van der Waals surface area contributed by atoms with Crippen molar-refractivity contribution in [3.63, 3.8) is 0 Å². The van der Waals surface area contributed by atoms with Crippen LogP contribution in [0.4, 0.5) is 0 Å². The van der Waals surface area contributed by atoms with Gasteiger partial charge in [0.1, 0.15) is 11.8 Å². The van der Waals surface area contributed by atoms with Crippen LogP contribution in [0.3, 0.4) is 0 Å². The maximum atomic E-state index is 9.23. The van der Waals surface area contributed by atoms with Gasteiger partial charge in [-0.3, -0.25) is 0 Å². The Morgan fingerprint density at radius 2 is 2.05 bits per heavy atom. The summed E-state index contributed by atoms with van der Waals surface area (Å²) in [7, 11) is 0. The molecule has 0 N–H and O–H groups in total. The summed E-state index contributed by atoms with van der Waals surface area (Å²) in [4.78, 5) is 0. The fourth-order valence-electron chi connectivity index (χ4n) is 2.55. The molecule has 5 heteroatoms. The molecule has 1 fully saturated rings. The molecule has 1 aromatic carbocycles. The molecule has 1 aliphatic carbocycles. The second-order valence-corrected chi connectivity index (χ2v) is 6.17. The summed E-state index contributed by atoms with van der Waals surface area (Å²) in [5, 5.41) is 17.4. The highest BCUT2D eigenvalue weighted by atomic mass is 16.5. The largest absolute Gasteiger partial charge is 0.493 e. The molecule has 0 spiro atoms. The molecule has 1 heterocycles. The van der Waals surface area contributed by atoms with Crippen LogP contribution in [-0.2, 0) is 0 Å². The molecule has 1 aromatic heterocycles. The summed E-state index contributed by atoms with van der Waals surface area (Å²) < 4.78 is 7.50. The van der Waals surface area contributed by atoms with Gasteiger partial charge < -0.3 is 4.74 Å². The van der Waals surface area contributed by atoms with Gasteiger partial charge in [0.25, 0.3) is 0 Å². The fourth-order valence-corrected chi connectivity index (χ4v) is 2.55. The van der Waals surface area contributed by atoms with E-state index < -0.39 is 0 Å². The van der Waals surface area contributed by atoms with E-state index in [2.05, 4.69) is 30.2 Å². The molecule has 114 valence electrons. The number of nitrogens with zero attached hydrogens (tertiary/aromatic N) is 4. The van der Waals surface area contributed by atoms with E-state index in [-0.39, 0.29) is 0 Å². The van der Waals surface area contributed by atoms with Crippen LogP contribution < -0.4 is 4.74 Å². The lowest BCUT2D eigenvalue weighted by molar-refractivity contribution is 0.271. The molecule has 5 nitrogen and oxygen atoms in total. The zero-order valence-corrected chi connectivity index (χ0v) is 13.0. The average molecular weight is 296 g/mol. The normalized spacial score (nSPS) is 14.6. The Balaban J connectivity index is 1.85. The third-order valence-electron chi connectivity index (χ3n) is 3.97. The molecule has 0 atom stereocenters. The van der Waals surface area contributed by atoms with Crippen LogP contribution in [0.25, 0.3) is 5.69 Å². The predicted molar refractivity (Wildman–Crippen MR) is 83.0 cm³/mol. The summed E-state index contributed by atoms with van der Waals surface area (Å²) in [6, 6.07) is 9.97. The van der Waals surface area contributed by atoms with Gasteiger partial charge >= 0.3 is 0 Å². The van der Waals surface area contributed by atoms with E-state index in [1.807, 2.05) is 24.3 Å². The molecular formula is C17H20N4O. The Morgan fingerprint density at radius 3 is 2.59 bits per heavy atom. The molecule has 0 saturated heterocycles. The Hall–Kier alpha value is -2.35. The van der Waals surface area contributed by atoms with Crippen molar-refractivity contribution in [2.45, 2.75) is 39.0 Å². The molecule has 1 aliphatic rings. The van der Waals surface area contributed by atoms with Gasteiger partial charge in [-0.05, 0) is 43.0 Å². The van der Waals surface area contributed by atoms with Crippen molar-refractivity contribution in [2.75, 3.05) is 6.61 Å². The Bertz CT molecular complexity index is 678. The topological polar surface area (TPSA) is 63.7 Å². The van der Waals surface area contributed by atoms with Gasteiger partial charge in [-0.25, -0.2) is 4.68 Å². The summed E-state index contributed by atoms with van der Waals surface area (Å²) in [6.45, 7) is 4.95.